The fraction of sp³-hybridized carbons (Fsp3) is 0.621. The van der Waals surface area contributed by atoms with Crippen molar-refractivity contribution in [3.8, 4) is 0 Å². The number of carbonyl (C=O) groups excluding carboxylic acids is 1. The van der Waals surface area contributed by atoms with E-state index in [-0.39, 0.29) is 34.9 Å². The molecule has 2 saturated carbocycles. The van der Waals surface area contributed by atoms with Crippen molar-refractivity contribution in [2.24, 2.45) is 23.2 Å². The van der Waals surface area contributed by atoms with Gasteiger partial charge in [0.1, 0.15) is 11.9 Å². The smallest absolute Gasteiger partial charge is 0.310 e. The van der Waals surface area contributed by atoms with E-state index in [2.05, 4.69) is 49.5 Å². The Morgan fingerprint density at radius 3 is 2.74 bits per heavy atom. The zero-order chi connectivity index (χ0) is 23.3. The number of fused-ring (bicyclic) bond motifs is 3. The second-order valence-electron chi connectivity index (χ2n) is 11.6. The number of ether oxygens (including phenoxy) is 2. The first-order chi connectivity index (χ1) is 16.5. The first kappa shape index (κ1) is 22.4. The lowest BCUT2D eigenvalue weighted by molar-refractivity contribution is -0.147. The summed E-state index contributed by atoms with van der Waals surface area (Å²) in [6.45, 7) is 6.95. The van der Waals surface area contributed by atoms with E-state index in [0.717, 1.165) is 38.2 Å². The van der Waals surface area contributed by atoms with E-state index in [0.29, 0.717) is 18.4 Å². The Morgan fingerprint density at radius 2 is 2.00 bits per heavy atom. The van der Waals surface area contributed by atoms with Gasteiger partial charge >= 0.3 is 5.97 Å². The van der Waals surface area contributed by atoms with Gasteiger partial charge in [-0.1, -0.05) is 36.8 Å². The molecule has 4 aliphatic rings. The molecule has 3 heterocycles. The molecule has 2 aromatic rings. The maximum Gasteiger partial charge on any atom is 0.310 e. The van der Waals surface area contributed by atoms with E-state index in [1.54, 1.807) is 6.26 Å². The van der Waals surface area contributed by atoms with Gasteiger partial charge in [-0.05, 0) is 81.0 Å². The van der Waals surface area contributed by atoms with Gasteiger partial charge in [0.05, 0.1) is 24.4 Å². The molecule has 34 heavy (non-hydrogen) atoms. The minimum Gasteiger partial charge on any atom is -0.469 e. The van der Waals surface area contributed by atoms with Crippen LogP contribution in [0.2, 0.25) is 0 Å². The number of nitrogens with one attached hydrogen (secondary N) is 1. The summed E-state index contributed by atoms with van der Waals surface area (Å²) in [6, 6.07) is 12.7. The summed E-state index contributed by atoms with van der Waals surface area (Å²) < 4.78 is 17.8. The highest BCUT2D eigenvalue weighted by Gasteiger charge is 2.64. The maximum absolute atomic E-state index is 12.9. The molecule has 2 aliphatic carbocycles. The fourth-order valence-electron chi connectivity index (χ4n) is 7.46. The minimum atomic E-state index is -0.0475. The molecule has 0 unspecified atom stereocenters. The third-order valence-corrected chi connectivity index (χ3v) is 9.42. The van der Waals surface area contributed by atoms with Gasteiger partial charge in [0, 0.05) is 18.4 Å². The van der Waals surface area contributed by atoms with Crippen LogP contribution in [-0.2, 0) is 14.3 Å². The highest BCUT2D eigenvalue weighted by atomic mass is 16.6. The molecule has 6 rings (SSSR count). The van der Waals surface area contributed by atoms with Crippen molar-refractivity contribution in [2.75, 3.05) is 19.7 Å². The third kappa shape index (κ3) is 3.91. The standard InChI is InChI=1S/C29H37NO4/c1-19-6-8-20(9-7-19)21(24-5-3-14-32-24)10-13-30-17-23-22-15-26-28(2,16-25(22)34-27(23)31)11-4-12-29(26)18-33-29/h3,5-9,14,21-23,25-26,30H,4,10-13,15-18H2,1-2H3/t21-,22-,23-,25-,26-,28-,29+/m1/s1. The normalized spacial score (nSPS) is 37.2. The fourth-order valence-corrected chi connectivity index (χ4v) is 7.46. The molecule has 5 nitrogen and oxygen atoms in total. The van der Waals surface area contributed by atoms with E-state index in [4.69, 9.17) is 13.9 Å². The van der Waals surface area contributed by atoms with Crippen LogP contribution in [0.4, 0.5) is 0 Å². The van der Waals surface area contributed by atoms with Crippen LogP contribution in [0.1, 0.15) is 68.3 Å². The number of epoxide rings is 1. The van der Waals surface area contributed by atoms with E-state index < -0.39 is 0 Å². The highest BCUT2D eigenvalue weighted by molar-refractivity contribution is 5.75. The number of benzene rings is 1. The topological polar surface area (TPSA) is 64.0 Å². The van der Waals surface area contributed by atoms with E-state index >= 15 is 0 Å². The lowest BCUT2D eigenvalue weighted by atomic mass is 9.53. The van der Waals surface area contributed by atoms with Gasteiger partial charge in [0.25, 0.3) is 0 Å². The summed E-state index contributed by atoms with van der Waals surface area (Å²) in [7, 11) is 0. The van der Waals surface area contributed by atoms with Gasteiger partial charge in [-0.3, -0.25) is 4.79 Å². The van der Waals surface area contributed by atoms with Crippen LogP contribution >= 0.6 is 0 Å². The number of furan rings is 1. The highest BCUT2D eigenvalue weighted by Crippen LogP contribution is 2.62. The van der Waals surface area contributed by atoms with Gasteiger partial charge in [-0.2, -0.15) is 0 Å². The summed E-state index contributed by atoms with van der Waals surface area (Å²) in [5.74, 6) is 2.03. The molecule has 0 amide bonds. The Bertz CT molecular complexity index is 1010. The predicted octanol–water partition coefficient (Wildman–Crippen LogP) is 5.23. The number of aryl methyl sites for hydroxylation is 1. The lowest BCUT2D eigenvalue weighted by Crippen LogP contribution is -2.51. The molecular formula is C29H37NO4. The molecule has 0 bridgehead atoms. The molecule has 7 atom stereocenters. The van der Waals surface area contributed by atoms with Crippen LogP contribution in [-0.4, -0.2) is 37.4 Å². The molecule has 5 heteroatoms. The summed E-state index contributed by atoms with van der Waals surface area (Å²) in [5.41, 5.74) is 2.88. The van der Waals surface area contributed by atoms with Gasteiger partial charge in [-0.15, -0.1) is 0 Å². The van der Waals surface area contributed by atoms with Crippen LogP contribution < -0.4 is 5.32 Å². The molecular weight excluding hydrogens is 426 g/mol. The molecule has 2 saturated heterocycles. The van der Waals surface area contributed by atoms with Crippen molar-refractivity contribution in [3.05, 3.63) is 59.5 Å². The Balaban J connectivity index is 1.09. The van der Waals surface area contributed by atoms with Crippen molar-refractivity contribution in [3.63, 3.8) is 0 Å². The maximum atomic E-state index is 12.9. The Morgan fingerprint density at radius 1 is 1.18 bits per heavy atom. The van der Waals surface area contributed by atoms with Crippen LogP contribution in [0.5, 0.6) is 0 Å². The van der Waals surface area contributed by atoms with Crippen LogP contribution in [0, 0.1) is 30.1 Å². The molecule has 1 aromatic heterocycles. The number of rotatable bonds is 7. The Hall–Kier alpha value is -2.11. The largest absolute Gasteiger partial charge is 0.469 e. The van der Waals surface area contributed by atoms with Crippen LogP contribution in [0.25, 0.3) is 0 Å². The van der Waals surface area contributed by atoms with Crippen molar-refractivity contribution in [1.82, 2.24) is 5.32 Å². The molecule has 1 spiro atoms. The van der Waals surface area contributed by atoms with Crippen molar-refractivity contribution in [1.29, 1.82) is 0 Å². The van der Waals surface area contributed by atoms with Gasteiger partial charge in [0.15, 0.2) is 0 Å². The molecule has 4 fully saturated rings. The van der Waals surface area contributed by atoms with E-state index in [1.807, 2.05) is 6.07 Å². The summed E-state index contributed by atoms with van der Waals surface area (Å²) in [5, 5.41) is 3.61. The summed E-state index contributed by atoms with van der Waals surface area (Å²) in [4.78, 5) is 12.9. The Labute approximate surface area is 202 Å². The lowest BCUT2D eigenvalue weighted by Gasteiger charge is -2.51. The first-order valence-corrected chi connectivity index (χ1v) is 13.1. The summed E-state index contributed by atoms with van der Waals surface area (Å²) in [6.07, 6.45) is 8.48. The number of esters is 1. The molecule has 182 valence electrons. The van der Waals surface area contributed by atoms with Gasteiger partial charge in [0.2, 0.25) is 0 Å². The van der Waals surface area contributed by atoms with Crippen molar-refractivity contribution < 1.29 is 18.7 Å². The van der Waals surface area contributed by atoms with Gasteiger partial charge < -0.3 is 19.2 Å². The molecule has 2 aliphatic heterocycles. The zero-order valence-electron chi connectivity index (χ0n) is 20.4. The number of hydrogen-bond acceptors (Lipinski definition) is 5. The zero-order valence-corrected chi connectivity index (χ0v) is 20.4. The molecule has 1 N–H and O–H groups in total. The van der Waals surface area contributed by atoms with Gasteiger partial charge in [-0.25, -0.2) is 0 Å². The SMILES string of the molecule is Cc1ccc([C@@H](CCNC[C@H]2C(=O)O[C@@H]3C[C@@]4(C)CCC[C@]5(CO5)[C@@H]4C[C@@H]32)c2ccco2)cc1. The monoisotopic (exact) mass is 463 g/mol. The average Bonchev–Trinajstić information content (AvgIpc) is 3.24. The molecule has 1 aromatic carbocycles. The van der Waals surface area contributed by atoms with Crippen molar-refractivity contribution in [2.45, 2.75) is 70.0 Å². The Kier molecular flexibility index (Phi) is 5.61. The quantitative estimate of drug-likeness (QED) is 0.346. The summed E-state index contributed by atoms with van der Waals surface area (Å²) >= 11 is 0. The molecule has 0 radical (unpaired) electrons. The van der Waals surface area contributed by atoms with E-state index in [9.17, 15) is 4.79 Å². The average molecular weight is 464 g/mol. The second-order valence-corrected chi connectivity index (χ2v) is 11.6. The van der Waals surface area contributed by atoms with E-state index in [1.165, 1.54) is 30.4 Å². The van der Waals surface area contributed by atoms with Crippen LogP contribution in [0.3, 0.4) is 0 Å². The predicted molar refractivity (Wildman–Crippen MR) is 129 cm³/mol. The number of hydrogen-bond donors (Lipinski definition) is 1. The third-order valence-electron chi connectivity index (χ3n) is 9.42. The van der Waals surface area contributed by atoms with Crippen molar-refractivity contribution >= 4 is 5.97 Å². The number of carbonyl (C=O) groups is 1. The first-order valence-electron chi connectivity index (χ1n) is 13.1. The van der Waals surface area contributed by atoms with Crippen LogP contribution in [0.15, 0.2) is 47.1 Å². The minimum absolute atomic E-state index is 0.00312. The second kappa shape index (κ2) is 8.53.